The number of halogens is 3. The molecule has 0 radical (unpaired) electrons. The Bertz CT molecular complexity index is 6.00. The second-order valence-electron chi connectivity index (χ2n) is 0. The Labute approximate surface area is 58.6 Å². The molecule has 1 unspecified atom stereocenters. The van der Waals surface area contributed by atoms with Crippen LogP contribution in [0, 0.1) is 0 Å². The molecule has 4 heavy (non-hydrogen) atoms. The molecule has 0 heterocycles. The summed E-state index contributed by atoms with van der Waals surface area (Å²) in [6, 6.07) is 0. The normalized spacial score (nSPS) is 0. The Hall–Kier alpha value is 1.74. The third-order valence-corrected chi connectivity index (χ3v) is 0. The first-order chi connectivity index (χ1) is 0. The summed E-state index contributed by atoms with van der Waals surface area (Å²) in [6.45, 7) is 0. The lowest BCUT2D eigenvalue weighted by molar-refractivity contribution is 5.85. The lowest BCUT2D eigenvalue weighted by Gasteiger charge is -0.154. The zero-order chi connectivity index (χ0) is 0. The van der Waals surface area contributed by atoms with Crippen molar-refractivity contribution in [1.82, 2.24) is 0 Å². The van der Waals surface area contributed by atoms with Crippen LogP contribution in [0.5, 0.6) is 0 Å². The minimum atomic E-state index is 0. The van der Waals surface area contributed by atoms with Crippen LogP contribution in [0.3, 0.4) is 0 Å². The van der Waals surface area contributed by atoms with E-state index in [9.17, 15) is 0 Å². The van der Waals surface area contributed by atoms with E-state index >= 15 is 0 Å². The largest absolute Gasteiger partial charge is 0.153 e. The van der Waals surface area contributed by atoms with Gasteiger partial charge < -0.3 is 0 Å². The highest BCUT2D eigenvalue weighted by atomic mass is 127. The molecular formula is H6Cl2IP. The summed E-state index contributed by atoms with van der Waals surface area (Å²) in [5, 5.41) is 0. The Morgan fingerprint density at radius 1 is 0.750 bits per heavy atom. The summed E-state index contributed by atoms with van der Waals surface area (Å²) in [4.78, 5) is 0. The quantitative estimate of drug-likeness (QED) is 0.441. The maximum atomic E-state index is 0. The third kappa shape index (κ3) is 9.27. The van der Waals surface area contributed by atoms with Gasteiger partial charge in [0.05, 0.1) is 0 Å². The zero-order valence-electron chi connectivity index (χ0n) is 1.93. The Morgan fingerprint density at radius 3 is 0.750 bits per heavy atom. The highest BCUT2D eigenvalue weighted by Crippen LogP contribution is 0.886. The van der Waals surface area contributed by atoms with Gasteiger partial charge in [-0.2, -0.15) is 9.90 Å². The van der Waals surface area contributed by atoms with Crippen LogP contribution >= 0.6 is 58.7 Å². The van der Waals surface area contributed by atoms with Gasteiger partial charge in [0.2, 0.25) is 0 Å². The lowest BCUT2D eigenvalue weighted by Crippen LogP contribution is 0.689. The highest BCUT2D eigenvalue weighted by molar-refractivity contribution is 14.0. The van der Waals surface area contributed by atoms with E-state index in [0.29, 0.717) is 0 Å². The van der Waals surface area contributed by atoms with E-state index in [2.05, 4.69) is 0 Å². The number of hydrogen-bond donors (Lipinski definition) is 0. The average molecular weight is 235 g/mol. The van der Waals surface area contributed by atoms with Crippen LogP contribution in [0.1, 0.15) is 0 Å². The molecule has 4 heteroatoms. The predicted molar refractivity (Wildman–Crippen MR) is 41.0 cm³/mol. The maximum absolute atomic E-state index is 0. The van der Waals surface area contributed by atoms with Gasteiger partial charge in [-0.05, 0) is 0 Å². The molecule has 0 rings (SSSR count). The van der Waals surface area contributed by atoms with Gasteiger partial charge in [0.1, 0.15) is 0 Å². The molecule has 0 aromatic rings. The Kier molecular flexibility index (Phi) is 233. The fraction of sp³-hybridized carbons (Fsp3) is 0. The molecule has 0 saturated heterocycles. The van der Waals surface area contributed by atoms with E-state index in [0.717, 1.165) is 0 Å². The van der Waals surface area contributed by atoms with E-state index < -0.39 is 0 Å². The summed E-state index contributed by atoms with van der Waals surface area (Å²) in [6.07, 6.45) is 0. The molecule has 0 saturated carbocycles. The molecular weight excluding hydrogens is 229 g/mol. The van der Waals surface area contributed by atoms with E-state index in [-0.39, 0.29) is 58.7 Å². The van der Waals surface area contributed by atoms with Crippen molar-refractivity contribution in [2.45, 2.75) is 0 Å². The summed E-state index contributed by atoms with van der Waals surface area (Å²) < 4.78 is 0. The molecule has 0 bridgehead atoms. The minimum absolute atomic E-state index is 0. The summed E-state index contributed by atoms with van der Waals surface area (Å²) >= 11 is 0. The monoisotopic (exact) mass is 234 g/mol. The molecule has 0 amide bonds. The lowest BCUT2D eigenvalue weighted by atomic mass is 31.0. The Morgan fingerprint density at radius 2 is 0.750 bits per heavy atom. The van der Waals surface area contributed by atoms with Gasteiger partial charge in [-0.25, -0.2) is 0 Å². The maximum Gasteiger partial charge on any atom is -0.107 e. The summed E-state index contributed by atoms with van der Waals surface area (Å²) in [5.74, 6) is 0. The topological polar surface area (TPSA) is 0 Å². The molecule has 0 nitrogen and oxygen atoms in total. The van der Waals surface area contributed by atoms with Crippen LogP contribution in [0.25, 0.3) is 0 Å². The average Bonchev–Trinajstić information content (AvgIpc) is 0. The molecule has 0 aliphatic heterocycles. The molecule has 0 spiro atoms. The van der Waals surface area contributed by atoms with Crippen LogP contribution in [-0.2, 0) is 0 Å². The van der Waals surface area contributed by atoms with Crippen molar-refractivity contribution in [3.8, 4) is 0 Å². The minimum Gasteiger partial charge on any atom is -0.153 e. The van der Waals surface area contributed by atoms with Crippen molar-refractivity contribution >= 4 is 58.7 Å². The highest BCUT2D eigenvalue weighted by Gasteiger charge is -0.107. The van der Waals surface area contributed by atoms with Gasteiger partial charge in [0, 0.05) is 0 Å². The second-order valence-corrected chi connectivity index (χ2v) is 0. The molecule has 0 aromatic heterocycles. The van der Waals surface area contributed by atoms with Gasteiger partial charge in [-0.3, -0.25) is 0 Å². The van der Waals surface area contributed by atoms with Crippen molar-refractivity contribution in [3.63, 3.8) is 0 Å². The fourth-order valence-corrected chi connectivity index (χ4v) is 0. The molecule has 0 N–H and O–H groups in total. The van der Waals surface area contributed by atoms with Gasteiger partial charge >= 0.3 is 0 Å². The standard InChI is InChI=1S/2ClH.HI.H3P/h3*1H;1H3. The van der Waals surface area contributed by atoms with Crippen molar-refractivity contribution in [2.24, 2.45) is 0 Å². The molecule has 0 fully saturated rings. The van der Waals surface area contributed by atoms with Crippen LogP contribution in [0.2, 0.25) is 0 Å². The van der Waals surface area contributed by atoms with Crippen molar-refractivity contribution in [2.75, 3.05) is 0 Å². The number of rotatable bonds is 0. The first kappa shape index (κ1) is 42.6. The summed E-state index contributed by atoms with van der Waals surface area (Å²) in [7, 11) is 0. The van der Waals surface area contributed by atoms with Gasteiger partial charge in [0.25, 0.3) is 0 Å². The van der Waals surface area contributed by atoms with E-state index in [1.165, 1.54) is 0 Å². The molecule has 1 atom stereocenters. The smallest absolute Gasteiger partial charge is 0.107 e. The van der Waals surface area contributed by atoms with Gasteiger partial charge in [-0.1, -0.05) is 0 Å². The van der Waals surface area contributed by atoms with Crippen LogP contribution < -0.4 is 0 Å². The van der Waals surface area contributed by atoms with Crippen molar-refractivity contribution in [1.29, 1.82) is 0 Å². The molecule has 0 aliphatic rings. The predicted octanol–water partition coefficient (Wildman–Crippen LogP) is 1.52. The fourth-order valence-electron chi connectivity index (χ4n) is 0. The second kappa shape index (κ2) is 21.9. The first-order valence-electron chi connectivity index (χ1n) is 0. The van der Waals surface area contributed by atoms with Crippen molar-refractivity contribution < 1.29 is 0 Å². The molecule has 0 aliphatic carbocycles. The van der Waals surface area contributed by atoms with Crippen LogP contribution in [0.4, 0.5) is 0 Å². The van der Waals surface area contributed by atoms with Crippen LogP contribution in [-0.4, -0.2) is 0 Å². The van der Waals surface area contributed by atoms with E-state index in [1.54, 1.807) is 0 Å². The zero-order valence-corrected chi connectivity index (χ0v) is 7.31. The SMILES string of the molecule is Cl.Cl.I.P. The molecule has 0 aromatic carbocycles. The third-order valence-electron chi connectivity index (χ3n) is 0. The molecule has 32 valence electrons. The first-order valence-corrected chi connectivity index (χ1v) is 0. The number of hydrogen-bond acceptors (Lipinski definition) is 0. The van der Waals surface area contributed by atoms with Crippen LogP contribution in [0.15, 0.2) is 0 Å². The summed E-state index contributed by atoms with van der Waals surface area (Å²) in [5.41, 5.74) is 0. The van der Waals surface area contributed by atoms with Gasteiger partial charge in [0.15, 0.2) is 0 Å². The van der Waals surface area contributed by atoms with Gasteiger partial charge in [-0.15, -0.1) is 48.8 Å². The van der Waals surface area contributed by atoms with E-state index in [4.69, 9.17) is 0 Å². The van der Waals surface area contributed by atoms with E-state index in [1.807, 2.05) is 0 Å². The van der Waals surface area contributed by atoms with Crippen molar-refractivity contribution in [3.05, 3.63) is 0 Å². The Balaban J connectivity index is 0.